The van der Waals surface area contributed by atoms with Crippen LogP contribution < -0.4 is 0 Å². The van der Waals surface area contributed by atoms with Crippen LogP contribution in [0.3, 0.4) is 0 Å². The molecule has 3 nitrogen and oxygen atoms in total. The summed E-state index contributed by atoms with van der Waals surface area (Å²) in [4.78, 5) is 2.28. The molecule has 0 aliphatic carbocycles. The van der Waals surface area contributed by atoms with Gasteiger partial charge in [0.15, 0.2) is 0 Å². The quantitative estimate of drug-likeness (QED) is 0.628. The van der Waals surface area contributed by atoms with Crippen molar-refractivity contribution in [1.82, 2.24) is 10.1 Å². The van der Waals surface area contributed by atoms with E-state index in [1.54, 1.807) is 6.26 Å². The fraction of sp³-hybridized carbons (Fsp3) is 0.444. The number of hydrogen-bond acceptors (Lipinski definition) is 3. The van der Waals surface area contributed by atoms with Crippen molar-refractivity contribution in [3.8, 4) is 0 Å². The van der Waals surface area contributed by atoms with Gasteiger partial charge in [0, 0.05) is 19.2 Å². The Morgan fingerprint density at radius 2 is 2.50 bits per heavy atom. The molecule has 0 amide bonds. The van der Waals surface area contributed by atoms with E-state index in [2.05, 4.69) is 23.2 Å². The molecular weight excluding hydrogens is 152 g/mol. The lowest BCUT2D eigenvalue weighted by atomic mass is 10.1. The molecule has 0 saturated carbocycles. The highest BCUT2D eigenvalue weighted by Crippen LogP contribution is 2.17. The summed E-state index contributed by atoms with van der Waals surface area (Å²) < 4.78 is 4.79. The second-order valence-electron chi connectivity index (χ2n) is 3.14. The predicted molar refractivity (Wildman–Crippen MR) is 46.6 cm³/mol. The third kappa shape index (κ3) is 1.41. The lowest BCUT2D eigenvalue weighted by molar-refractivity contribution is 0.369. The SMILES string of the molecule is CN1CCC=C(c2ccon2)C1. The zero-order valence-electron chi connectivity index (χ0n) is 7.16. The minimum Gasteiger partial charge on any atom is -0.364 e. The summed E-state index contributed by atoms with van der Waals surface area (Å²) in [6.45, 7) is 2.12. The topological polar surface area (TPSA) is 29.3 Å². The number of aromatic nitrogens is 1. The average molecular weight is 164 g/mol. The van der Waals surface area contributed by atoms with E-state index in [1.165, 1.54) is 5.57 Å². The van der Waals surface area contributed by atoms with Crippen LogP contribution in [0.4, 0.5) is 0 Å². The molecule has 1 aromatic heterocycles. The summed E-state index contributed by atoms with van der Waals surface area (Å²) in [6, 6.07) is 1.91. The number of likely N-dealkylation sites (N-methyl/N-ethyl adjacent to an activating group) is 1. The fourth-order valence-corrected chi connectivity index (χ4v) is 1.46. The Morgan fingerprint density at radius 1 is 1.58 bits per heavy atom. The predicted octanol–water partition coefficient (Wildman–Crippen LogP) is 1.39. The Labute approximate surface area is 71.7 Å². The number of hydrogen-bond donors (Lipinski definition) is 0. The van der Waals surface area contributed by atoms with Crippen molar-refractivity contribution in [3.63, 3.8) is 0 Å². The Balaban J connectivity index is 2.19. The van der Waals surface area contributed by atoms with Crippen LogP contribution in [0, 0.1) is 0 Å². The first kappa shape index (κ1) is 7.55. The van der Waals surface area contributed by atoms with Gasteiger partial charge in [-0.15, -0.1) is 0 Å². The van der Waals surface area contributed by atoms with Crippen LogP contribution in [0.1, 0.15) is 12.1 Å². The van der Waals surface area contributed by atoms with Crippen molar-refractivity contribution in [2.45, 2.75) is 6.42 Å². The van der Waals surface area contributed by atoms with Crippen LogP contribution in [-0.4, -0.2) is 30.2 Å². The van der Waals surface area contributed by atoms with E-state index in [0.29, 0.717) is 0 Å². The molecule has 0 radical (unpaired) electrons. The Hall–Kier alpha value is -1.09. The van der Waals surface area contributed by atoms with Crippen molar-refractivity contribution < 1.29 is 4.52 Å². The van der Waals surface area contributed by atoms with Gasteiger partial charge in [0.25, 0.3) is 0 Å². The molecule has 0 spiro atoms. The van der Waals surface area contributed by atoms with E-state index >= 15 is 0 Å². The molecule has 64 valence electrons. The largest absolute Gasteiger partial charge is 0.364 e. The van der Waals surface area contributed by atoms with Gasteiger partial charge in [-0.2, -0.15) is 0 Å². The lowest BCUT2D eigenvalue weighted by Gasteiger charge is -2.21. The smallest absolute Gasteiger partial charge is 0.124 e. The molecule has 0 unspecified atom stereocenters. The van der Waals surface area contributed by atoms with Gasteiger partial charge in [-0.05, 0) is 19.0 Å². The first-order valence-corrected chi connectivity index (χ1v) is 4.14. The van der Waals surface area contributed by atoms with E-state index in [-0.39, 0.29) is 0 Å². The lowest BCUT2D eigenvalue weighted by Crippen LogP contribution is -2.24. The van der Waals surface area contributed by atoms with E-state index in [0.717, 1.165) is 25.2 Å². The summed E-state index contributed by atoms with van der Waals surface area (Å²) in [7, 11) is 2.12. The van der Waals surface area contributed by atoms with E-state index < -0.39 is 0 Å². The molecule has 1 aromatic rings. The Morgan fingerprint density at radius 3 is 3.17 bits per heavy atom. The minimum absolute atomic E-state index is 0.974. The second kappa shape index (κ2) is 3.11. The monoisotopic (exact) mass is 164 g/mol. The van der Waals surface area contributed by atoms with Crippen LogP contribution in [0.15, 0.2) is 22.9 Å². The third-order valence-electron chi connectivity index (χ3n) is 2.11. The molecule has 12 heavy (non-hydrogen) atoms. The number of nitrogens with zero attached hydrogens (tertiary/aromatic N) is 2. The first-order valence-electron chi connectivity index (χ1n) is 4.14. The molecule has 3 heteroatoms. The van der Waals surface area contributed by atoms with E-state index in [9.17, 15) is 0 Å². The highest BCUT2D eigenvalue weighted by molar-refractivity contribution is 5.64. The number of rotatable bonds is 1. The molecule has 0 bridgehead atoms. The fourth-order valence-electron chi connectivity index (χ4n) is 1.46. The van der Waals surface area contributed by atoms with E-state index in [4.69, 9.17) is 4.52 Å². The standard InChI is InChI=1S/C9H12N2O/c1-11-5-2-3-8(7-11)9-4-6-12-10-9/h3-4,6H,2,5,7H2,1H3. The maximum absolute atomic E-state index is 4.79. The minimum atomic E-state index is 0.974. The molecule has 0 aromatic carbocycles. The van der Waals surface area contributed by atoms with Gasteiger partial charge in [-0.1, -0.05) is 11.2 Å². The zero-order chi connectivity index (χ0) is 8.39. The summed E-state index contributed by atoms with van der Waals surface area (Å²) in [5.41, 5.74) is 2.25. The van der Waals surface area contributed by atoms with Gasteiger partial charge in [0.1, 0.15) is 12.0 Å². The summed E-state index contributed by atoms with van der Waals surface area (Å²) in [5, 5.41) is 3.90. The normalized spacial score (nSPS) is 19.2. The summed E-state index contributed by atoms with van der Waals surface area (Å²) >= 11 is 0. The van der Waals surface area contributed by atoms with Gasteiger partial charge < -0.3 is 9.42 Å². The molecule has 2 heterocycles. The molecule has 1 aliphatic heterocycles. The zero-order valence-corrected chi connectivity index (χ0v) is 7.16. The average Bonchev–Trinajstić information content (AvgIpc) is 2.56. The Kier molecular flexibility index (Phi) is 1.96. The Bertz CT molecular complexity index is 277. The van der Waals surface area contributed by atoms with Crippen molar-refractivity contribution in [2.24, 2.45) is 0 Å². The summed E-state index contributed by atoms with van der Waals surface area (Å²) in [5.74, 6) is 0. The molecule has 1 aliphatic rings. The second-order valence-corrected chi connectivity index (χ2v) is 3.14. The van der Waals surface area contributed by atoms with Crippen molar-refractivity contribution in [3.05, 3.63) is 24.1 Å². The molecule has 2 rings (SSSR count). The van der Waals surface area contributed by atoms with Gasteiger partial charge in [-0.25, -0.2) is 0 Å². The highest BCUT2D eigenvalue weighted by atomic mass is 16.5. The maximum Gasteiger partial charge on any atom is 0.124 e. The van der Waals surface area contributed by atoms with Crippen LogP contribution in [0.25, 0.3) is 5.57 Å². The molecule has 0 saturated heterocycles. The third-order valence-corrected chi connectivity index (χ3v) is 2.11. The van der Waals surface area contributed by atoms with Gasteiger partial charge in [0.05, 0.1) is 0 Å². The van der Waals surface area contributed by atoms with Crippen LogP contribution >= 0.6 is 0 Å². The first-order chi connectivity index (χ1) is 5.86. The van der Waals surface area contributed by atoms with Crippen molar-refractivity contribution in [2.75, 3.05) is 20.1 Å². The molecule has 0 atom stereocenters. The van der Waals surface area contributed by atoms with Gasteiger partial charge in [0.2, 0.25) is 0 Å². The molecular formula is C9H12N2O. The maximum atomic E-state index is 4.79. The van der Waals surface area contributed by atoms with Crippen molar-refractivity contribution >= 4 is 5.57 Å². The highest BCUT2D eigenvalue weighted by Gasteiger charge is 2.11. The van der Waals surface area contributed by atoms with Crippen LogP contribution in [0.2, 0.25) is 0 Å². The van der Waals surface area contributed by atoms with Crippen LogP contribution in [-0.2, 0) is 0 Å². The molecule has 0 N–H and O–H groups in total. The summed E-state index contributed by atoms with van der Waals surface area (Å²) in [6.07, 6.45) is 4.96. The van der Waals surface area contributed by atoms with E-state index in [1.807, 2.05) is 6.07 Å². The van der Waals surface area contributed by atoms with Crippen molar-refractivity contribution in [1.29, 1.82) is 0 Å². The molecule has 0 fully saturated rings. The van der Waals surface area contributed by atoms with Gasteiger partial charge in [-0.3, -0.25) is 0 Å². The van der Waals surface area contributed by atoms with Crippen LogP contribution in [0.5, 0.6) is 0 Å². The van der Waals surface area contributed by atoms with Gasteiger partial charge >= 0.3 is 0 Å².